The fourth-order valence-electron chi connectivity index (χ4n) is 1.70. The first-order valence-electron chi connectivity index (χ1n) is 6.29. The molecule has 14 heavy (non-hydrogen) atoms. The van der Waals surface area contributed by atoms with Crippen LogP contribution in [0.5, 0.6) is 0 Å². The van der Waals surface area contributed by atoms with E-state index in [1.165, 1.54) is 44.9 Å². The molecule has 0 rings (SSSR count). The monoisotopic (exact) mass is 200 g/mol. The van der Waals surface area contributed by atoms with Gasteiger partial charge in [-0.2, -0.15) is 0 Å². The van der Waals surface area contributed by atoms with Crippen LogP contribution in [0.2, 0.25) is 0 Å². The highest BCUT2D eigenvalue weighted by Gasteiger charge is 2.19. The third-order valence-corrected chi connectivity index (χ3v) is 3.37. The first-order valence-corrected chi connectivity index (χ1v) is 6.29. The summed E-state index contributed by atoms with van der Waals surface area (Å²) in [6.45, 7) is 6.96. The van der Waals surface area contributed by atoms with Gasteiger partial charge in [0.15, 0.2) is 0 Å². The van der Waals surface area contributed by atoms with Crippen molar-refractivity contribution < 1.29 is 5.11 Å². The van der Waals surface area contributed by atoms with Crippen LogP contribution in [0.15, 0.2) is 0 Å². The highest BCUT2D eigenvalue weighted by molar-refractivity contribution is 4.70. The molecule has 0 spiro atoms. The van der Waals surface area contributed by atoms with Gasteiger partial charge in [-0.3, -0.25) is 0 Å². The molecule has 0 aromatic rings. The van der Waals surface area contributed by atoms with Crippen molar-refractivity contribution in [3.63, 3.8) is 0 Å². The molecule has 1 atom stereocenters. The lowest BCUT2D eigenvalue weighted by atomic mass is 9.83. The second-order valence-electron chi connectivity index (χ2n) is 4.84. The van der Waals surface area contributed by atoms with Crippen LogP contribution >= 0.6 is 0 Å². The van der Waals surface area contributed by atoms with Crippen molar-refractivity contribution in [2.45, 2.75) is 72.1 Å². The van der Waals surface area contributed by atoms with Gasteiger partial charge in [0.2, 0.25) is 0 Å². The van der Waals surface area contributed by atoms with E-state index >= 15 is 0 Å². The third kappa shape index (κ3) is 6.42. The Labute approximate surface area is 89.9 Å². The van der Waals surface area contributed by atoms with Crippen molar-refractivity contribution >= 4 is 0 Å². The van der Waals surface area contributed by atoms with Gasteiger partial charge in [0.05, 0.1) is 0 Å². The molecule has 0 aliphatic rings. The van der Waals surface area contributed by atoms with Crippen molar-refractivity contribution in [1.29, 1.82) is 0 Å². The second-order valence-corrected chi connectivity index (χ2v) is 4.84. The summed E-state index contributed by atoms with van der Waals surface area (Å²) in [6.07, 6.45) is 10.4. The molecule has 0 aliphatic heterocycles. The van der Waals surface area contributed by atoms with Crippen LogP contribution in [0, 0.1) is 5.41 Å². The molecule has 1 N–H and O–H groups in total. The molecule has 1 unspecified atom stereocenters. The number of rotatable bonds is 9. The number of hydrogen-bond donors (Lipinski definition) is 1. The van der Waals surface area contributed by atoms with E-state index in [0.717, 1.165) is 6.42 Å². The molecule has 86 valence electrons. The van der Waals surface area contributed by atoms with Gasteiger partial charge in [-0.05, 0) is 18.3 Å². The number of hydrogen-bond acceptors (Lipinski definition) is 1. The van der Waals surface area contributed by atoms with E-state index in [1.807, 2.05) is 0 Å². The van der Waals surface area contributed by atoms with Crippen LogP contribution in [-0.4, -0.2) is 11.7 Å². The Morgan fingerprint density at radius 2 is 1.50 bits per heavy atom. The molecule has 0 aliphatic carbocycles. The summed E-state index contributed by atoms with van der Waals surface area (Å²) in [5.74, 6) is 0. The minimum atomic E-state index is 0.185. The van der Waals surface area contributed by atoms with Crippen LogP contribution in [0.3, 0.4) is 0 Å². The van der Waals surface area contributed by atoms with Crippen molar-refractivity contribution in [1.82, 2.24) is 0 Å². The average molecular weight is 200 g/mol. The minimum Gasteiger partial charge on any atom is -0.396 e. The zero-order chi connectivity index (χ0) is 10.9. The van der Waals surface area contributed by atoms with E-state index < -0.39 is 0 Å². The molecule has 0 heterocycles. The Morgan fingerprint density at radius 1 is 0.929 bits per heavy atom. The maximum absolute atomic E-state index is 9.23. The molecule has 0 radical (unpaired) electrons. The van der Waals surface area contributed by atoms with Crippen molar-refractivity contribution in [2.24, 2.45) is 5.41 Å². The lowest BCUT2D eigenvalue weighted by Gasteiger charge is -2.25. The topological polar surface area (TPSA) is 20.2 Å². The Bertz CT molecular complexity index is 116. The van der Waals surface area contributed by atoms with Gasteiger partial charge in [-0.25, -0.2) is 0 Å². The third-order valence-electron chi connectivity index (χ3n) is 3.37. The summed E-state index contributed by atoms with van der Waals surface area (Å²) in [5.41, 5.74) is 0.185. The molecule has 0 aromatic carbocycles. The predicted molar refractivity (Wildman–Crippen MR) is 63.5 cm³/mol. The van der Waals surface area contributed by atoms with Crippen molar-refractivity contribution in [3.8, 4) is 0 Å². The van der Waals surface area contributed by atoms with Gasteiger partial charge in [0, 0.05) is 6.61 Å². The Kier molecular flexibility index (Phi) is 8.26. The quantitative estimate of drug-likeness (QED) is 0.554. The molecular formula is C13H28O. The van der Waals surface area contributed by atoms with E-state index in [2.05, 4.69) is 20.8 Å². The first-order chi connectivity index (χ1) is 6.68. The first kappa shape index (κ1) is 14.0. The minimum absolute atomic E-state index is 0.185. The van der Waals surface area contributed by atoms with Crippen LogP contribution in [0.1, 0.15) is 72.1 Å². The number of aliphatic hydroxyl groups excluding tert-OH is 1. The number of unbranched alkanes of at least 4 members (excludes halogenated alkanes) is 5. The summed E-state index contributed by atoms with van der Waals surface area (Å²) in [4.78, 5) is 0. The van der Waals surface area contributed by atoms with Gasteiger partial charge in [-0.1, -0.05) is 59.3 Å². The van der Waals surface area contributed by atoms with Crippen LogP contribution < -0.4 is 0 Å². The van der Waals surface area contributed by atoms with Gasteiger partial charge >= 0.3 is 0 Å². The lowest BCUT2D eigenvalue weighted by Crippen LogP contribution is -2.19. The van der Waals surface area contributed by atoms with Crippen LogP contribution in [0.25, 0.3) is 0 Å². The standard InChI is InChI=1S/C13H28O/c1-4-6-7-8-9-10-11-13(3,5-2)12-14/h14H,4-12H2,1-3H3. The van der Waals surface area contributed by atoms with Gasteiger partial charge in [0.25, 0.3) is 0 Å². The summed E-state index contributed by atoms with van der Waals surface area (Å²) < 4.78 is 0. The van der Waals surface area contributed by atoms with E-state index in [9.17, 15) is 5.11 Å². The average Bonchev–Trinajstić information content (AvgIpc) is 2.23. The molecule has 0 saturated heterocycles. The maximum atomic E-state index is 9.23. The molecule has 0 bridgehead atoms. The SMILES string of the molecule is CCCCCCCCC(C)(CC)CO. The van der Waals surface area contributed by atoms with E-state index in [4.69, 9.17) is 0 Å². The summed E-state index contributed by atoms with van der Waals surface area (Å²) in [6, 6.07) is 0. The summed E-state index contributed by atoms with van der Waals surface area (Å²) in [7, 11) is 0. The summed E-state index contributed by atoms with van der Waals surface area (Å²) >= 11 is 0. The van der Waals surface area contributed by atoms with Gasteiger partial charge in [-0.15, -0.1) is 0 Å². The largest absolute Gasteiger partial charge is 0.396 e. The normalized spacial score (nSPS) is 15.4. The van der Waals surface area contributed by atoms with Crippen molar-refractivity contribution in [2.75, 3.05) is 6.61 Å². The van der Waals surface area contributed by atoms with E-state index in [-0.39, 0.29) is 5.41 Å². The van der Waals surface area contributed by atoms with Crippen molar-refractivity contribution in [3.05, 3.63) is 0 Å². The fourth-order valence-corrected chi connectivity index (χ4v) is 1.70. The Hall–Kier alpha value is -0.0400. The highest BCUT2D eigenvalue weighted by atomic mass is 16.3. The molecule has 1 heteroatoms. The highest BCUT2D eigenvalue weighted by Crippen LogP contribution is 2.27. The second kappa shape index (κ2) is 8.28. The van der Waals surface area contributed by atoms with Gasteiger partial charge in [0.1, 0.15) is 0 Å². The zero-order valence-corrected chi connectivity index (χ0v) is 10.3. The fraction of sp³-hybridized carbons (Fsp3) is 1.00. The predicted octanol–water partition coefficient (Wildman–Crippen LogP) is 4.15. The van der Waals surface area contributed by atoms with E-state index in [1.54, 1.807) is 0 Å². The Morgan fingerprint density at radius 3 is 2.00 bits per heavy atom. The smallest absolute Gasteiger partial charge is 0.0484 e. The molecule has 0 amide bonds. The molecule has 0 aromatic heterocycles. The van der Waals surface area contributed by atoms with Crippen LogP contribution in [-0.2, 0) is 0 Å². The maximum Gasteiger partial charge on any atom is 0.0484 e. The lowest BCUT2D eigenvalue weighted by molar-refractivity contribution is 0.125. The van der Waals surface area contributed by atoms with Gasteiger partial charge < -0.3 is 5.11 Å². The van der Waals surface area contributed by atoms with E-state index in [0.29, 0.717) is 6.61 Å². The molecular weight excluding hydrogens is 172 g/mol. The molecule has 0 fully saturated rings. The number of aliphatic hydroxyl groups is 1. The van der Waals surface area contributed by atoms with Crippen LogP contribution in [0.4, 0.5) is 0 Å². The summed E-state index contributed by atoms with van der Waals surface area (Å²) in [5, 5.41) is 9.23. The molecule has 0 saturated carbocycles. The molecule has 1 nitrogen and oxygen atoms in total. The zero-order valence-electron chi connectivity index (χ0n) is 10.3. The Balaban J connectivity index is 3.34.